The van der Waals surface area contributed by atoms with Gasteiger partial charge in [-0.15, -0.1) is 0 Å². The van der Waals surface area contributed by atoms with E-state index in [1.54, 1.807) is 24.3 Å². The Morgan fingerprint density at radius 2 is 2.30 bits per heavy atom. The molecule has 1 aliphatic heterocycles. The lowest BCUT2D eigenvalue weighted by Gasteiger charge is -2.33. The summed E-state index contributed by atoms with van der Waals surface area (Å²) in [4.78, 5) is 22.4. The van der Waals surface area contributed by atoms with Crippen molar-refractivity contribution >= 4 is 17.7 Å². The van der Waals surface area contributed by atoms with Gasteiger partial charge >= 0.3 is 0 Å². The van der Waals surface area contributed by atoms with E-state index in [0.717, 1.165) is 43.8 Å². The van der Waals surface area contributed by atoms with E-state index in [2.05, 4.69) is 9.97 Å². The first kappa shape index (κ1) is 15.3. The van der Waals surface area contributed by atoms with Gasteiger partial charge in [-0.05, 0) is 37.3 Å². The number of amides is 1. The van der Waals surface area contributed by atoms with Gasteiger partial charge in [-0.3, -0.25) is 4.79 Å². The van der Waals surface area contributed by atoms with Gasteiger partial charge in [0, 0.05) is 30.9 Å². The maximum atomic E-state index is 12.2. The van der Waals surface area contributed by atoms with Crippen LogP contribution in [-0.2, 0) is 4.79 Å². The molecule has 1 aromatic heterocycles. The molecule has 0 aromatic carbocycles. The second kappa shape index (κ2) is 7.59. The minimum absolute atomic E-state index is 0.0974. The third-order valence-electron chi connectivity index (χ3n) is 3.78. The molecule has 1 fully saturated rings. The molecule has 1 aliphatic rings. The van der Waals surface area contributed by atoms with Gasteiger partial charge in [-0.25, -0.2) is 9.97 Å². The van der Waals surface area contributed by atoms with E-state index in [9.17, 15) is 4.79 Å². The highest BCUT2D eigenvalue weighted by Gasteiger charge is 2.27. The van der Waals surface area contributed by atoms with Crippen LogP contribution in [0, 0.1) is 0 Å². The largest absolute Gasteiger partial charge is 0.341 e. The molecule has 2 N–H and O–H groups in total. The number of likely N-dealkylation sites (tertiary alicyclic amines) is 1. The number of thioether (sulfide) groups is 1. The minimum atomic E-state index is -0.349. The fourth-order valence-electron chi connectivity index (χ4n) is 2.54. The highest BCUT2D eigenvalue weighted by molar-refractivity contribution is 7.98. The van der Waals surface area contributed by atoms with Gasteiger partial charge in [-0.1, -0.05) is 0 Å². The van der Waals surface area contributed by atoms with Gasteiger partial charge in [0.05, 0.1) is 6.04 Å². The summed E-state index contributed by atoms with van der Waals surface area (Å²) >= 11 is 1.73. The summed E-state index contributed by atoms with van der Waals surface area (Å²) in [6.07, 6.45) is 8.07. The molecule has 1 saturated heterocycles. The smallest absolute Gasteiger partial charge is 0.239 e. The maximum Gasteiger partial charge on any atom is 0.239 e. The van der Waals surface area contributed by atoms with Gasteiger partial charge in [0.2, 0.25) is 5.91 Å². The fraction of sp³-hybridized carbons (Fsp3) is 0.643. The second-order valence-corrected chi connectivity index (χ2v) is 6.11. The summed E-state index contributed by atoms with van der Waals surface area (Å²) in [5, 5.41) is 0. The van der Waals surface area contributed by atoms with E-state index in [1.807, 2.05) is 17.2 Å². The van der Waals surface area contributed by atoms with Crippen LogP contribution in [-0.4, -0.2) is 51.9 Å². The number of carbonyl (C=O) groups is 1. The number of hydrogen-bond acceptors (Lipinski definition) is 5. The first-order valence-electron chi connectivity index (χ1n) is 7.01. The highest BCUT2D eigenvalue weighted by Crippen LogP contribution is 2.26. The zero-order chi connectivity index (χ0) is 14.4. The first-order chi connectivity index (χ1) is 9.72. The van der Waals surface area contributed by atoms with E-state index >= 15 is 0 Å². The molecule has 1 atom stereocenters. The summed E-state index contributed by atoms with van der Waals surface area (Å²) in [7, 11) is 0. The predicted molar refractivity (Wildman–Crippen MR) is 81.6 cm³/mol. The molecule has 1 amide bonds. The van der Waals surface area contributed by atoms with E-state index in [1.165, 1.54) is 0 Å². The van der Waals surface area contributed by atoms with Crippen LogP contribution in [0.15, 0.2) is 18.6 Å². The molecule has 5 nitrogen and oxygen atoms in total. The van der Waals surface area contributed by atoms with Crippen LogP contribution >= 0.6 is 11.8 Å². The van der Waals surface area contributed by atoms with Crippen molar-refractivity contribution in [2.75, 3.05) is 25.1 Å². The third kappa shape index (κ3) is 3.93. The Labute approximate surface area is 124 Å². The molecular formula is C14H22N4OS. The molecular weight excluding hydrogens is 272 g/mol. The number of aromatic nitrogens is 2. The Hall–Kier alpha value is -1.14. The van der Waals surface area contributed by atoms with E-state index in [4.69, 9.17) is 5.73 Å². The zero-order valence-corrected chi connectivity index (χ0v) is 12.7. The van der Waals surface area contributed by atoms with Crippen LogP contribution in [0.25, 0.3) is 0 Å². The Balaban J connectivity index is 1.83. The van der Waals surface area contributed by atoms with Crippen molar-refractivity contribution in [2.24, 2.45) is 5.73 Å². The Kier molecular flexibility index (Phi) is 5.79. The second-order valence-electron chi connectivity index (χ2n) is 5.12. The molecule has 0 radical (unpaired) electrons. The molecule has 0 unspecified atom stereocenters. The number of nitrogens with two attached hydrogens (primary N) is 1. The van der Waals surface area contributed by atoms with Gasteiger partial charge in [0.1, 0.15) is 6.33 Å². The lowest BCUT2D eigenvalue weighted by atomic mass is 9.93. The molecule has 110 valence electrons. The van der Waals surface area contributed by atoms with Crippen LogP contribution < -0.4 is 5.73 Å². The Morgan fingerprint density at radius 3 is 2.90 bits per heavy atom. The Bertz CT molecular complexity index is 420. The number of carbonyl (C=O) groups excluding carboxylic acids is 1. The molecule has 6 heteroatoms. The number of hydrogen-bond donors (Lipinski definition) is 1. The third-order valence-corrected chi connectivity index (χ3v) is 4.42. The van der Waals surface area contributed by atoms with Crippen LogP contribution in [0.4, 0.5) is 0 Å². The lowest BCUT2D eigenvalue weighted by Crippen LogP contribution is -2.47. The van der Waals surface area contributed by atoms with Gasteiger partial charge in [0.25, 0.3) is 0 Å². The van der Waals surface area contributed by atoms with Crippen molar-refractivity contribution < 1.29 is 4.79 Å². The van der Waals surface area contributed by atoms with Crippen molar-refractivity contribution in [1.82, 2.24) is 14.9 Å². The monoisotopic (exact) mass is 294 g/mol. The molecule has 2 heterocycles. The van der Waals surface area contributed by atoms with Crippen LogP contribution in [0.5, 0.6) is 0 Å². The van der Waals surface area contributed by atoms with Crippen LogP contribution in [0.2, 0.25) is 0 Å². The lowest BCUT2D eigenvalue weighted by molar-refractivity contribution is -0.133. The number of piperidine rings is 1. The maximum absolute atomic E-state index is 12.2. The van der Waals surface area contributed by atoms with E-state index in [0.29, 0.717) is 5.92 Å². The van der Waals surface area contributed by atoms with Crippen molar-refractivity contribution in [3.8, 4) is 0 Å². The van der Waals surface area contributed by atoms with Crippen LogP contribution in [0.1, 0.15) is 30.9 Å². The molecule has 20 heavy (non-hydrogen) atoms. The Morgan fingerprint density at radius 1 is 1.55 bits per heavy atom. The standard InChI is InChI=1S/C14H22N4OS/c1-20-9-5-12(15)14(19)18-7-3-11(4-8-18)13-2-6-16-10-17-13/h2,6,10-12H,3-5,7-9,15H2,1H3/t12-/m0/s1. The summed E-state index contributed by atoms with van der Waals surface area (Å²) in [5.41, 5.74) is 7.04. The molecule has 0 spiro atoms. The fourth-order valence-corrected chi connectivity index (χ4v) is 3.03. The number of rotatable bonds is 5. The highest BCUT2D eigenvalue weighted by atomic mass is 32.2. The van der Waals surface area contributed by atoms with Gasteiger partial charge < -0.3 is 10.6 Å². The first-order valence-corrected chi connectivity index (χ1v) is 8.41. The van der Waals surface area contributed by atoms with Gasteiger partial charge in [-0.2, -0.15) is 11.8 Å². The summed E-state index contributed by atoms with van der Waals surface area (Å²) < 4.78 is 0. The quantitative estimate of drug-likeness (QED) is 0.885. The van der Waals surface area contributed by atoms with Gasteiger partial charge in [0.15, 0.2) is 0 Å². The van der Waals surface area contributed by atoms with Crippen molar-refractivity contribution in [3.63, 3.8) is 0 Å². The van der Waals surface area contributed by atoms with Crippen molar-refractivity contribution in [2.45, 2.75) is 31.2 Å². The topological polar surface area (TPSA) is 72.1 Å². The zero-order valence-electron chi connectivity index (χ0n) is 11.9. The van der Waals surface area contributed by atoms with E-state index < -0.39 is 0 Å². The van der Waals surface area contributed by atoms with Crippen molar-refractivity contribution in [1.29, 1.82) is 0 Å². The summed E-state index contributed by atoms with van der Waals surface area (Å²) in [6, 6.07) is 1.62. The van der Waals surface area contributed by atoms with E-state index in [-0.39, 0.29) is 11.9 Å². The molecule has 0 aliphatic carbocycles. The minimum Gasteiger partial charge on any atom is -0.341 e. The molecule has 0 bridgehead atoms. The molecule has 2 rings (SSSR count). The SMILES string of the molecule is CSCC[C@H](N)C(=O)N1CCC(c2ccncn2)CC1. The summed E-state index contributed by atoms with van der Waals surface area (Å²) in [5.74, 6) is 1.47. The average molecular weight is 294 g/mol. The predicted octanol–water partition coefficient (Wildman–Crippen LogP) is 1.26. The molecule has 0 saturated carbocycles. The number of nitrogens with zero attached hydrogens (tertiary/aromatic N) is 3. The van der Waals surface area contributed by atoms with Crippen LogP contribution in [0.3, 0.4) is 0 Å². The summed E-state index contributed by atoms with van der Waals surface area (Å²) in [6.45, 7) is 1.56. The molecule has 1 aromatic rings. The normalized spacial score (nSPS) is 18.0. The van der Waals surface area contributed by atoms with Crippen molar-refractivity contribution in [3.05, 3.63) is 24.3 Å². The average Bonchev–Trinajstić information content (AvgIpc) is 2.53.